The first kappa shape index (κ1) is 20.5. The van der Waals surface area contributed by atoms with Crippen LogP contribution in [-0.4, -0.2) is 25.1 Å². The Labute approximate surface area is 146 Å². The van der Waals surface area contributed by atoms with Crippen molar-refractivity contribution in [3.63, 3.8) is 0 Å². The van der Waals surface area contributed by atoms with E-state index in [1.54, 1.807) is 32.4 Å². The largest absolute Gasteiger partial charge is 0.493 e. The van der Waals surface area contributed by atoms with Crippen molar-refractivity contribution in [2.75, 3.05) is 14.2 Å². The smallest absolute Gasteiger partial charge is 0.161 e. The number of aliphatic hydroxyl groups is 1. The van der Waals surface area contributed by atoms with Gasteiger partial charge in [0, 0.05) is 12.8 Å². The lowest BCUT2D eigenvalue weighted by Crippen LogP contribution is -2.07. The lowest BCUT2D eigenvalue weighted by molar-refractivity contribution is -0.121. The zero-order valence-corrected chi connectivity index (χ0v) is 15.3. The molecular formula is C20H32O4. The molecule has 0 spiro atoms. The Bertz CT molecular complexity index is 485. The van der Waals surface area contributed by atoms with Crippen LogP contribution in [-0.2, 0) is 4.79 Å². The maximum Gasteiger partial charge on any atom is 0.161 e. The van der Waals surface area contributed by atoms with E-state index < -0.39 is 6.10 Å². The highest BCUT2D eigenvalue weighted by Gasteiger charge is 2.15. The lowest BCUT2D eigenvalue weighted by atomic mass is 10.00. The molecule has 0 bridgehead atoms. The van der Waals surface area contributed by atoms with E-state index in [2.05, 4.69) is 6.92 Å². The van der Waals surface area contributed by atoms with Crippen molar-refractivity contribution in [3.8, 4) is 11.5 Å². The summed E-state index contributed by atoms with van der Waals surface area (Å²) in [5, 5.41) is 10.3. The Morgan fingerprint density at radius 3 is 2.25 bits per heavy atom. The third kappa shape index (κ3) is 7.35. The molecule has 0 aliphatic heterocycles. The van der Waals surface area contributed by atoms with Crippen molar-refractivity contribution in [1.82, 2.24) is 0 Å². The number of ketones is 1. The standard InChI is InChI=1S/C20H32O4/c1-4-5-6-7-8-9-10-11-17(21)15-18(22)16-12-13-19(23-2)20(14-16)24-3/h12-14,18,22H,4-11,15H2,1-3H3. The van der Waals surface area contributed by atoms with Gasteiger partial charge in [-0.2, -0.15) is 0 Å². The molecule has 0 aromatic heterocycles. The van der Waals surface area contributed by atoms with Crippen LogP contribution in [0.4, 0.5) is 0 Å². The zero-order valence-electron chi connectivity index (χ0n) is 15.3. The summed E-state index contributed by atoms with van der Waals surface area (Å²) in [4.78, 5) is 12.0. The summed E-state index contributed by atoms with van der Waals surface area (Å²) in [5.74, 6) is 1.29. The number of ether oxygens (including phenoxy) is 2. The molecule has 4 heteroatoms. The second-order valence-electron chi connectivity index (χ2n) is 6.24. The van der Waals surface area contributed by atoms with Crippen molar-refractivity contribution in [2.24, 2.45) is 0 Å². The molecule has 1 N–H and O–H groups in total. The van der Waals surface area contributed by atoms with Crippen LogP contribution in [0, 0.1) is 0 Å². The SMILES string of the molecule is CCCCCCCCCC(=O)CC(O)c1ccc(OC)c(OC)c1. The molecule has 0 radical (unpaired) electrons. The monoisotopic (exact) mass is 336 g/mol. The molecule has 0 amide bonds. The quantitative estimate of drug-likeness (QED) is 0.524. The third-order valence-electron chi connectivity index (χ3n) is 4.27. The van der Waals surface area contributed by atoms with Crippen molar-refractivity contribution in [1.29, 1.82) is 0 Å². The first-order valence-electron chi connectivity index (χ1n) is 9.04. The molecule has 0 heterocycles. The first-order chi connectivity index (χ1) is 11.6. The van der Waals surface area contributed by atoms with Crippen LogP contribution < -0.4 is 9.47 Å². The number of rotatable bonds is 13. The van der Waals surface area contributed by atoms with Gasteiger partial charge in [0.15, 0.2) is 11.5 Å². The fraction of sp³-hybridized carbons (Fsp3) is 0.650. The molecule has 0 saturated carbocycles. The molecule has 0 aliphatic carbocycles. The molecule has 24 heavy (non-hydrogen) atoms. The number of hydrogen-bond donors (Lipinski definition) is 1. The van der Waals surface area contributed by atoms with E-state index in [0.717, 1.165) is 12.8 Å². The van der Waals surface area contributed by atoms with Gasteiger partial charge >= 0.3 is 0 Å². The van der Waals surface area contributed by atoms with Gasteiger partial charge in [-0.3, -0.25) is 4.79 Å². The fourth-order valence-electron chi connectivity index (χ4n) is 2.77. The molecule has 1 atom stereocenters. The predicted molar refractivity (Wildman–Crippen MR) is 96.7 cm³/mol. The van der Waals surface area contributed by atoms with Crippen molar-refractivity contribution < 1.29 is 19.4 Å². The fourth-order valence-corrected chi connectivity index (χ4v) is 2.77. The minimum Gasteiger partial charge on any atom is -0.493 e. The van der Waals surface area contributed by atoms with Crippen LogP contribution in [0.5, 0.6) is 11.5 Å². The van der Waals surface area contributed by atoms with Gasteiger partial charge in [0.2, 0.25) is 0 Å². The van der Waals surface area contributed by atoms with Crippen LogP contribution in [0.15, 0.2) is 18.2 Å². The summed E-state index contributed by atoms with van der Waals surface area (Å²) in [6.07, 6.45) is 8.25. The van der Waals surface area contributed by atoms with Crippen molar-refractivity contribution >= 4 is 5.78 Å². The van der Waals surface area contributed by atoms with Crippen LogP contribution >= 0.6 is 0 Å². The Morgan fingerprint density at radius 2 is 1.62 bits per heavy atom. The Kier molecular flexibility index (Phi) is 10.2. The number of methoxy groups -OCH3 is 2. The van der Waals surface area contributed by atoms with Crippen molar-refractivity contribution in [2.45, 2.75) is 70.8 Å². The number of hydrogen-bond acceptors (Lipinski definition) is 4. The van der Waals surface area contributed by atoms with E-state index >= 15 is 0 Å². The van der Waals surface area contributed by atoms with E-state index in [1.165, 1.54) is 32.1 Å². The van der Waals surface area contributed by atoms with E-state index in [0.29, 0.717) is 23.5 Å². The topological polar surface area (TPSA) is 55.8 Å². The molecule has 0 fully saturated rings. The average Bonchev–Trinajstić information content (AvgIpc) is 2.60. The molecule has 0 saturated heterocycles. The van der Waals surface area contributed by atoms with E-state index in [1.807, 2.05) is 0 Å². The highest BCUT2D eigenvalue weighted by molar-refractivity contribution is 5.79. The van der Waals surface area contributed by atoms with Crippen molar-refractivity contribution in [3.05, 3.63) is 23.8 Å². The van der Waals surface area contributed by atoms with Crippen LogP contribution in [0.2, 0.25) is 0 Å². The number of benzene rings is 1. The average molecular weight is 336 g/mol. The molecule has 136 valence electrons. The van der Waals surface area contributed by atoms with Gasteiger partial charge in [0.1, 0.15) is 5.78 Å². The molecule has 4 nitrogen and oxygen atoms in total. The minimum atomic E-state index is -0.790. The zero-order chi connectivity index (χ0) is 17.8. The highest BCUT2D eigenvalue weighted by atomic mass is 16.5. The summed E-state index contributed by atoms with van der Waals surface area (Å²) >= 11 is 0. The number of unbranched alkanes of at least 4 members (excludes halogenated alkanes) is 6. The van der Waals surface area contributed by atoms with E-state index in [4.69, 9.17) is 9.47 Å². The second kappa shape index (κ2) is 11.9. The van der Waals surface area contributed by atoms with E-state index in [9.17, 15) is 9.90 Å². The number of Topliss-reactive ketones (excluding diaryl/α,β-unsaturated/α-hetero) is 1. The van der Waals surface area contributed by atoms with Gasteiger partial charge in [-0.25, -0.2) is 0 Å². The molecule has 0 aliphatic rings. The molecule has 1 aromatic carbocycles. The normalized spacial score (nSPS) is 12.0. The van der Waals surface area contributed by atoms with Gasteiger partial charge in [0.25, 0.3) is 0 Å². The van der Waals surface area contributed by atoms with Gasteiger partial charge in [0.05, 0.1) is 20.3 Å². The maximum atomic E-state index is 12.0. The minimum absolute atomic E-state index is 0.117. The number of carbonyl (C=O) groups is 1. The Balaban J connectivity index is 2.33. The maximum absolute atomic E-state index is 12.0. The second-order valence-corrected chi connectivity index (χ2v) is 6.24. The molecular weight excluding hydrogens is 304 g/mol. The summed E-state index contributed by atoms with van der Waals surface area (Å²) in [6.45, 7) is 2.21. The summed E-state index contributed by atoms with van der Waals surface area (Å²) in [5.41, 5.74) is 0.681. The Morgan fingerprint density at radius 1 is 1.00 bits per heavy atom. The summed E-state index contributed by atoms with van der Waals surface area (Å²) in [7, 11) is 3.12. The van der Waals surface area contributed by atoms with Gasteiger partial charge < -0.3 is 14.6 Å². The van der Waals surface area contributed by atoms with Gasteiger partial charge in [-0.05, 0) is 24.1 Å². The van der Waals surface area contributed by atoms with E-state index in [-0.39, 0.29) is 12.2 Å². The molecule has 1 aromatic rings. The summed E-state index contributed by atoms with van der Waals surface area (Å²) < 4.78 is 10.4. The molecule has 1 rings (SSSR count). The number of carbonyl (C=O) groups excluding carboxylic acids is 1. The Hall–Kier alpha value is -1.55. The van der Waals surface area contributed by atoms with Gasteiger partial charge in [-0.15, -0.1) is 0 Å². The third-order valence-corrected chi connectivity index (χ3v) is 4.27. The predicted octanol–water partition coefficient (Wildman–Crippen LogP) is 4.84. The summed E-state index contributed by atoms with van der Waals surface area (Å²) in [6, 6.07) is 5.25. The van der Waals surface area contributed by atoms with Crippen LogP contribution in [0.1, 0.15) is 76.4 Å². The lowest BCUT2D eigenvalue weighted by Gasteiger charge is -2.13. The number of aliphatic hydroxyl groups excluding tert-OH is 1. The molecule has 1 unspecified atom stereocenters. The van der Waals surface area contributed by atoms with Gasteiger partial charge in [-0.1, -0.05) is 51.5 Å². The van der Waals surface area contributed by atoms with Crippen LogP contribution in [0.25, 0.3) is 0 Å². The van der Waals surface area contributed by atoms with Crippen LogP contribution in [0.3, 0.4) is 0 Å². The first-order valence-corrected chi connectivity index (χ1v) is 9.04. The highest BCUT2D eigenvalue weighted by Crippen LogP contribution is 2.31.